The average Bonchev–Trinajstić information content (AvgIpc) is 2.69. The predicted molar refractivity (Wildman–Crippen MR) is 119 cm³/mol. The number of nitrogens with two attached hydrogens (primary N) is 1. The molecule has 29 heavy (non-hydrogen) atoms. The van der Waals surface area contributed by atoms with Gasteiger partial charge in [-0.2, -0.15) is 0 Å². The highest BCUT2D eigenvalue weighted by atomic mass is 16.1. The van der Waals surface area contributed by atoms with Crippen LogP contribution in [0.15, 0.2) is 24.3 Å². The monoisotopic (exact) mass is 394 g/mol. The van der Waals surface area contributed by atoms with E-state index >= 15 is 0 Å². The standard InChI is InChI=1S/C24H34N4O/c1-17-9-10-22-18(15-17)16-21(23(25)29)24(27-22)28-13-11-20(12-14-28)26-19-7-5-3-2-4-6-8-19/h9-10,15-16,19-20,26H,2-8,11-14H2,1H3,(H2,25,29). The topological polar surface area (TPSA) is 71.2 Å². The molecule has 1 saturated heterocycles. The van der Waals surface area contributed by atoms with Gasteiger partial charge in [0.15, 0.2) is 0 Å². The number of hydrogen-bond acceptors (Lipinski definition) is 4. The summed E-state index contributed by atoms with van der Waals surface area (Å²) < 4.78 is 0. The summed E-state index contributed by atoms with van der Waals surface area (Å²) in [6.07, 6.45) is 11.7. The summed E-state index contributed by atoms with van der Waals surface area (Å²) in [6.45, 7) is 3.87. The zero-order valence-corrected chi connectivity index (χ0v) is 17.6. The van der Waals surface area contributed by atoms with E-state index in [0.29, 0.717) is 17.6 Å². The van der Waals surface area contributed by atoms with Crippen molar-refractivity contribution in [1.29, 1.82) is 0 Å². The number of piperidine rings is 1. The lowest BCUT2D eigenvalue weighted by molar-refractivity contribution is 0.100. The zero-order chi connectivity index (χ0) is 20.2. The molecule has 1 amide bonds. The number of nitrogens with zero attached hydrogens (tertiary/aromatic N) is 2. The van der Waals surface area contributed by atoms with Gasteiger partial charge >= 0.3 is 0 Å². The fourth-order valence-corrected chi connectivity index (χ4v) is 4.92. The molecule has 1 aliphatic carbocycles. The number of nitrogens with one attached hydrogen (secondary N) is 1. The minimum Gasteiger partial charge on any atom is -0.365 e. The third kappa shape index (κ3) is 4.89. The Balaban J connectivity index is 1.45. The van der Waals surface area contributed by atoms with Crippen LogP contribution in [-0.4, -0.2) is 36.1 Å². The van der Waals surface area contributed by atoms with Gasteiger partial charge in [-0.1, -0.05) is 43.7 Å². The number of pyridine rings is 1. The fraction of sp³-hybridized carbons (Fsp3) is 0.583. The third-order valence-electron chi connectivity index (χ3n) is 6.59. The molecule has 5 heteroatoms. The van der Waals surface area contributed by atoms with Crippen molar-refractivity contribution in [2.75, 3.05) is 18.0 Å². The third-order valence-corrected chi connectivity index (χ3v) is 6.59. The molecule has 0 unspecified atom stereocenters. The summed E-state index contributed by atoms with van der Waals surface area (Å²) in [5.41, 5.74) is 8.33. The smallest absolute Gasteiger partial charge is 0.252 e. The summed E-state index contributed by atoms with van der Waals surface area (Å²) >= 11 is 0. The second kappa shape index (κ2) is 9.12. The minimum atomic E-state index is -0.398. The number of fused-ring (bicyclic) bond motifs is 1. The number of carbonyl (C=O) groups is 1. The maximum atomic E-state index is 12.1. The Morgan fingerprint density at radius 2 is 1.66 bits per heavy atom. The van der Waals surface area contributed by atoms with Crippen molar-refractivity contribution in [3.05, 3.63) is 35.4 Å². The van der Waals surface area contributed by atoms with E-state index in [9.17, 15) is 4.79 Å². The Morgan fingerprint density at radius 3 is 2.34 bits per heavy atom. The number of amides is 1. The highest BCUT2D eigenvalue weighted by Crippen LogP contribution is 2.27. The molecule has 2 aromatic rings. The molecule has 4 rings (SSSR count). The number of rotatable bonds is 4. The number of aryl methyl sites for hydroxylation is 1. The molecule has 5 nitrogen and oxygen atoms in total. The normalized spacial score (nSPS) is 19.8. The lowest BCUT2D eigenvalue weighted by Crippen LogP contribution is -2.47. The number of hydrogen-bond donors (Lipinski definition) is 2. The molecule has 3 N–H and O–H groups in total. The SMILES string of the molecule is Cc1ccc2nc(N3CCC(NC4CCCCCCC4)CC3)c(C(N)=O)cc2c1. The van der Waals surface area contributed by atoms with Gasteiger partial charge in [0.1, 0.15) is 5.82 Å². The van der Waals surface area contributed by atoms with E-state index in [4.69, 9.17) is 10.7 Å². The molecule has 1 aromatic heterocycles. The average molecular weight is 395 g/mol. The van der Waals surface area contributed by atoms with E-state index < -0.39 is 5.91 Å². The molecule has 0 radical (unpaired) electrons. The van der Waals surface area contributed by atoms with Gasteiger partial charge in [0.2, 0.25) is 0 Å². The second-order valence-electron chi connectivity index (χ2n) is 8.89. The molecule has 0 spiro atoms. The van der Waals surface area contributed by atoms with Crippen LogP contribution in [0.5, 0.6) is 0 Å². The predicted octanol–water partition coefficient (Wildman–Crippen LogP) is 4.31. The van der Waals surface area contributed by atoms with E-state index in [-0.39, 0.29) is 0 Å². The lowest BCUT2D eigenvalue weighted by Gasteiger charge is -2.36. The molecule has 0 atom stereocenters. The molecule has 2 heterocycles. The first-order valence-electron chi connectivity index (χ1n) is 11.3. The van der Waals surface area contributed by atoms with Crippen LogP contribution in [0.4, 0.5) is 5.82 Å². The number of benzene rings is 1. The summed E-state index contributed by atoms with van der Waals surface area (Å²) in [7, 11) is 0. The van der Waals surface area contributed by atoms with Crippen LogP contribution in [0, 0.1) is 6.92 Å². The molecule has 1 aliphatic heterocycles. The van der Waals surface area contributed by atoms with Crippen LogP contribution < -0.4 is 16.0 Å². The van der Waals surface area contributed by atoms with Gasteiger partial charge in [0.05, 0.1) is 11.1 Å². The van der Waals surface area contributed by atoms with E-state index in [1.807, 2.05) is 19.1 Å². The van der Waals surface area contributed by atoms with E-state index in [1.54, 1.807) is 0 Å². The molecule has 1 saturated carbocycles. The lowest BCUT2D eigenvalue weighted by atomic mass is 9.94. The quantitative estimate of drug-likeness (QED) is 0.810. The maximum Gasteiger partial charge on any atom is 0.252 e. The molecule has 0 bridgehead atoms. The Bertz CT molecular complexity index is 849. The summed E-state index contributed by atoms with van der Waals surface area (Å²) in [6, 6.07) is 9.30. The summed E-state index contributed by atoms with van der Waals surface area (Å²) in [5.74, 6) is 0.351. The van der Waals surface area contributed by atoms with Crippen molar-refractivity contribution in [2.45, 2.75) is 76.8 Å². The van der Waals surface area contributed by atoms with Crippen molar-refractivity contribution in [3.63, 3.8) is 0 Å². The molecular formula is C24H34N4O. The first-order chi connectivity index (χ1) is 14.1. The van der Waals surface area contributed by atoms with Crippen LogP contribution in [-0.2, 0) is 0 Å². The zero-order valence-electron chi connectivity index (χ0n) is 17.6. The second-order valence-corrected chi connectivity index (χ2v) is 8.89. The van der Waals surface area contributed by atoms with Crippen molar-refractivity contribution >= 4 is 22.6 Å². The molecule has 2 aliphatic rings. The minimum absolute atomic E-state index is 0.398. The van der Waals surface area contributed by atoms with E-state index in [0.717, 1.165) is 48.2 Å². The Morgan fingerprint density at radius 1 is 1.00 bits per heavy atom. The van der Waals surface area contributed by atoms with Gasteiger partial charge in [0.25, 0.3) is 5.91 Å². The largest absolute Gasteiger partial charge is 0.365 e. The van der Waals surface area contributed by atoms with Gasteiger partial charge in [-0.05, 0) is 50.8 Å². The number of aromatic nitrogens is 1. The Hall–Kier alpha value is -2.14. The van der Waals surface area contributed by atoms with Crippen LogP contribution in [0.3, 0.4) is 0 Å². The molecule has 1 aromatic carbocycles. The van der Waals surface area contributed by atoms with Crippen LogP contribution in [0.25, 0.3) is 10.9 Å². The maximum absolute atomic E-state index is 12.1. The highest BCUT2D eigenvalue weighted by molar-refractivity contribution is 6.01. The van der Waals surface area contributed by atoms with Gasteiger partial charge in [-0.25, -0.2) is 4.98 Å². The van der Waals surface area contributed by atoms with Crippen LogP contribution in [0.1, 0.15) is 73.7 Å². The first kappa shape index (κ1) is 20.1. The fourth-order valence-electron chi connectivity index (χ4n) is 4.92. The van der Waals surface area contributed by atoms with Crippen molar-refractivity contribution in [2.24, 2.45) is 5.73 Å². The molecule has 2 fully saturated rings. The van der Waals surface area contributed by atoms with Crippen LogP contribution >= 0.6 is 0 Å². The van der Waals surface area contributed by atoms with Gasteiger partial charge in [-0.3, -0.25) is 4.79 Å². The first-order valence-corrected chi connectivity index (χ1v) is 11.3. The molecular weight excluding hydrogens is 360 g/mol. The van der Waals surface area contributed by atoms with E-state index in [1.165, 1.54) is 44.9 Å². The Kier molecular flexibility index (Phi) is 6.34. The highest BCUT2D eigenvalue weighted by Gasteiger charge is 2.25. The number of primary amides is 1. The van der Waals surface area contributed by atoms with Gasteiger partial charge < -0.3 is 16.0 Å². The summed E-state index contributed by atoms with van der Waals surface area (Å²) in [5, 5.41) is 4.91. The van der Waals surface area contributed by atoms with E-state index in [2.05, 4.69) is 22.3 Å². The van der Waals surface area contributed by atoms with Crippen LogP contribution in [0.2, 0.25) is 0 Å². The number of carbonyl (C=O) groups excluding carboxylic acids is 1. The van der Waals surface area contributed by atoms with Crippen molar-refractivity contribution in [1.82, 2.24) is 10.3 Å². The summed E-state index contributed by atoms with van der Waals surface area (Å²) in [4.78, 5) is 19.2. The van der Waals surface area contributed by atoms with Crippen molar-refractivity contribution in [3.8, 4) is 0 Å². The van der Waals surface area contributed by atoms with Crippen molar-refractivity contribution < 1.29 is 4.79 Å². The number of anilines is 1. The Labute approximate surface area is 174 Å². The van der Waals surface area contributed by atoms with Gasteiger partial charge in [0, 0.05) is 30.6 Å². The van der Waals surface area contributed by atoms with Gasteiger partial charge in [-0.15, -0.1) is 0 Å². The molecule has 156 valence electrons.